The van der Waals surface area contributed by atoms with Gasteiger partial charge in [-0.05, 0) is 66.6 Å². The van der Waals surface area contributed by atoms with Gasteiger partial charge < -0.3 is 9.14 Å². The minimum Gasteiger partial charge on any atom is -0.495 e. The molecule has 0 N–H and O–H groups in total. The molecule has 3 heterocycles. The van der Waals surface area contributed by atoms with Crippen LogP contribution in [0.5, 0.6) is 5.75 Å². The Bertz CT molecular complexity index is 1810. The summed E-state index contributed by atoms with van der Waals surface area (Å²) in [4.78, 5) is 7.36. The van der Waals surface area contributed by atoms with Crippen LogP contribution >= 0.6 is 0 Å². The Hall–Kier alpha value is -4.05. The normalized spacial score (nSPS) is 14.9. The maximum absolute atomic E-state index is 13.8. The minimum atomic E-state index is -3.69. The molecule has 5 aromatic rings. The minimum absolute atomic E-state index is 0.181. The Morgan fingerprint density at radius 3 is 2.32 bits per heavy atom. The van der Waals surface area contributed by atoms with E-state index in [2.05, 4.69) is 46.7 Å². The lowest BCUT2D eigenvalue weighted by atomic mass is 10.1. The van der Waals surface area contributed by atoms with E-state index >= 15 is 0 Å². The maximum atomic E-state index is 13.8. The topological polar surface area (TPSA) is 67.2 Å². The Balaban J connectivity index is 1.31. The van der Waals surface area contributed by atoms with E-state index in [0.29, 0.717) is 38.5 Å². The van der Waals surface area contributed by atoms with Gasteiger partial charge in [0.25, 0.3) is 0 Å². The second-order valence-corrected chi connectivity index (χ2v) is 12.2. The summed E-state index contributed by atoms with van der Waals surface area (Å²) in [5.41, 5.74) is 6.76. The van der Waals surface area contributed by atoms with Crippen LogP contribution in [0.4, 0.5) is 4.39 Å². The summed E-state index contributed by atoms with van der Waals surface area (Å²) < 4.78 is 49.5. The monoisotopic (exact) mass is 570 g/mol. The number of rotatable bonds is 7. The molecule has 0 aliphatic carbocycles. The van der Waals surface area contributed by atoms with Crippen LogP contribution in [-0.2, 0) is 16.6 Å². The van der Waals surface area contributed by atoms with Crippen LogP contribution in [-0.4, -0.2) is 60.3 Å². The summed E-state index contributed by atoms with van der Waals surface area (Å²) in [7, 11) is -2.21. The first-order chi connectivity index (χ1) is 19.8. The molecule has 210 valence electrons. The molecule has 0 atom stereocenters. The molecule has 1 fully saturated rings. The first-order valence-corrected chi connectivity index (χ1v) is 15.0. The van der Waals surface area contributed by atoms with E-state index in [9.17, 15) is 12.8 Å². The molecule has 6 rings (SSSR count). The van der Waals surface area contributed by atoms with E-state index in [0.717, 1.165) is 33.7 Å². The molecule has 1 aliphatic rings. The number of imidazole rings is 1. The second kappa shape index (κ2) is 11.1. The number of benzene rings is 3. The zero-order valence-electron chi connectivity index (χ0n) is 23.0. The van der Waals surface area contributed by atoms with Crippen molar-refractivity contribution in [3.05, 3.63) is 108 Å². The van der Waals surface area contributed by atoms with Crippen molar-refractivity contribution in [2.75, 3.05) is 33.3 Å². The SMILES string of the molecule is COc1ccccc1S(=O)(=O)N1CCN(Cc2c(-c3ccc(F)cc3)nc3ccc(-c4cccc(C)c4)cn23)CC1. The number of aryl methyl sites for hydroxylation is 1. The van der Waals surface area contributed by atoms with E-state index in [1.165, 1.54) is 29.1 Å². The van der Waals surface area contributed by atoms with E-state index in [-0.39, 0.29) is 10.7 Å². The highest BCUT2D eigenvalue weighted by atomic mass is 32.2. The number of sulfonamides is 1. The Labute approximate surface area is 239 Å². The van der Waals surface area contributed by atoms with E-state index in [1.54, 1.807) is 36.4 Å². The fourth-order valence-corrected chi connectivity index (χ4v) is 6.97. The van der Waals surface area contributed by atoms with Crippen molar-refractivity contribution in [3.63, 3.8) is 0 Å². The van der Waals surface area contributed by atoms with Crippen molar-refractivity contribution in [1.29, 1.82) is 0 Å². The molecule has 2 aromatic heterocycles. The number of fused-ring (bicyclic) bond motifs is 1. The number of halogens is 1. The van der Waals surface area contributed by atoms with Crippen molar-refractivity contribution < 1.29 is 17.5 Å². The summed E-state index contributed by atoms with van der Waals surface area (Å²) in [5, 5.41) is 0. The van der Waals surface area contributed by atoms with Crippen molar-refractivity contribution in [2.45, 2.75) is 18.4 Å². The van der Waals surface area contributed by atoms with Gasteiger partial charge in [0.1, 0.15) is 22.1 Å². The second-order valence-electron chi connectivity index (χ2n) is 10.3. The highest BCUT2D eigenvalue weighted by molar-refractivity contribution is 7.89. The van der Waals surface area contributed by atoms with Crippen LogP contribution in [0.25, 0.3) is 28.0 Å². The Morgan fingerprint density at radius 2 is 1.59 bits per heavy atom. The molecule has 1 saturated heterocycles. The molecule has 0 amide bonds. The summed E-state index contributed by atoms with van der Waals surface area (Å²) in [6, 6.07) is 25.5. The molecule has 0 saturated carbocycles. The average Bonchev–Trinajstić information content (AvgIpc) is 3.35. The molecule has 9 heteroatoms. The fourth-order valence-electron chi connectivity index (χ4n) is 5.39. The molecule has 0 bridgehead atoms. The Kier molecular flexibility index (Phi) is 7.33. The summed E-state index contributed by atoms with van der Waals surface area (Å²) >= 11 is 0. The predicted molar refractivity (Wildman–Crippen MR) is 158 cm³/mol. The van der Waals surface area contributed by atoms with Gasteiger partial charge in [0, 0.05) is 44.5 Å². The Morgan fingerprint density at radius 1 is 0.854 bits per heavy atom. The number of para-hydroxylation sites is 1. The van der Waals surface area contributed by atoms with E-state index in [1.807, 2.05) is 12.1 Å². The number of hydrogen-bond donors (Lipinski definition) is 0. The van der Waals surface area contributed by atoms with Gasteiger partial charge in [0.15, 0.2) is 0 Å². The number of ether oxygens (including phenoxy) is 1. The third kappa shape index (κ3) is 5.36. The van der Waals surface area contributed by atoms with Crippen molar-refractivity contribution >= 4 is 15.7 Å². The highest BCUT2D eigenvalue weighted by Crippen LogP contribution is 2.30. The molecule has 3 aromatic carbocycles. The predicted octanol–water partition coefficient (Wildman–Crippen LogP) is 5.63. The first kappa shape index (κ1) is 27.1. The number of pyridine rings is 1. The summed E-state index contributed by atoms with van der Waals surface area (Å²) in [6.07, 6.45) is 2.10. The number of methoxy groups -OCH3 is 1. The van der Waals surface area contributed by atoms with Crippen LogP contribution < -0.4 is 4.74 Å². The van der Waals surface area contributed by atoms with E-state index < -0.39 is 10.0 Å². The fraction of sp³-hybridized carbons (Fsp3) is 0.219. The van der Waals surface area contributed by atoms with Crippen LogP contribution in [0.1, 0.15) is 11.3 Å². The van der Waals surface area contributed by atoms with Gasteiger partial charge in [-0.25, -0.2) is 17.8 Å². The number of aromatic nitrogens is 2. The van der Waals surface area contributed by atoms with E-state index in [4.69, 9.17) is 9.72 Å². The third-order valence-electron chi connectivity index (χ3n) is 7.58. The van der Waals surface area contributed by atoms with Gasteiger partial charge >= 0.3 is 0 Å². The molecule has 7 nitrogen and oxygen atoms in total. The number of nitrogens with zero attached hydrogens (tertiary/aromatic N) is 4. The first-order valence-electron chi connectivity index (χ1n) is 13.5. The summed E-state index contributed by atoms with van der Waals surface area (Å²) in [6.45, 7) is 4.47. The van der Waals surface area contributed by atoms with Gasteiger partial charge in [-0.3, -0.25) is 4.90 Å². The van der Waals surface area contributed by atoms with Crippen LogP contribution in [0.2, 0.25) is 0 Å². The number of piperazine rings is 1. The lowest BCUT2D eigenvalue weighted by Gasteiger charge is -2.34. The molecule has 0 radical (unpaired) electrons. The van der Waals surface area contributed by atoms with Crippen molar-refractivity contribution in [2.24, 2.45) is 0 Å². The summed E-state index contributed by atoms with van der Waals surface area (Å²) in [5.74, 6) is 0.0437. The van der Waals surface area contributed by atoms with Gasteiger partial charge in [0.2, 0.25) is 10.0 Å². The zero-order valence-corrected chi connectivity index (χ0v) is 23.8. The standard InChI is InChI=1S/C32H31FN4O3S/c1-23-6-5-7-25(20-23)26-12-15-31-34-32(24-10-13-27(33)14-11-24)28(37(31)21-26)22-35-16-18-36(19-17-35)41(38,39)30-9-4-3-8-29(30)40-2/h3-15,20-21H,16-19,22H2,1-2H3. The highest BCUT2D eigenvalue weighted by Gasteiger charge is 2.31. The third-order valence-corrected chi connectivity index (χ3v) is 9.52. The molecular formula is C32H31FN4O3S. The van der Waals surface area contributed by atoms with Crippen LogP contribution in [0.15, 0.2) is 96.0 Å². The molecule has 0 spiro atoms. The quantitative estimate of drug-likeness (QED) is 0.254. The van der Waals surface area contributed by atoms with Gasteiger partial charge in [-0.2, -0.15) is 4.31 Å². The molecular weight excluding hydrogens is 539 g/mol. The zero-order chi connectivity index (χ0) is 28.6. The van der Waals surface area contributed by atoms with Crippen LogP contribution in [0, 0.1) is 12.7 Å². The van der Waals surface area contributed by atoms with Gasteiger partial charge in [-0.1, -0.05) is 42.0 Å². The molecule has 0 unspecified atom stereocenters. The molecule has 41 heavy (non-hydrogen) atoms. The van der Waals surface area contributed by atoms with Crippen LogP contribution in [0.3, 0.4) is 0 Å². The van der Waals surface area contributed by atoms with Crippen molar-refractivity contribution in [1.82, 2.24) is 18.6 Å². The average molecular weight is 571 g/mol. The van der Waals surface area contributed by atoms with Gasteiger partial charge in [0.05, 0.1) is 18.5 Å². The van der Waals surface area contributed by atoms with Crippen molar-refractivity contribution in [3.8, 4) is 28.1 Å². The maximum Gasteiger partial charge on any atom is 0.246 e. The van der Waals surface area contributed by atoms with Gasteiger partial charge in [-0.15, -0.1) is 0 Å². The lowest BCUT2D eigenvalue weighted by Crippen LogP contribution is -2.48. The lowest BCUT2D eigenvalue weighted by molar-refractivity contribution is 0.179. The smallest absolute Gasteiger partial charge is 0.246 e. The molecule has 1 aliphatic heterocycles. The largest absolute Gasteiger partial charge is 0.495 e. The number of hydrogen-bond acceptors (Lipinski definition) is 5.